The Hall–Kier alpha value is -2.11. The number of rotatable bonds is 7. The third-order valence-corrected chi connectivity index (χ3v) is 2.68. The first-order valence-corrected chi connectivity index (χ1v) is 6.73. The molecule has 0 radical (unpaired) electrons. The number of anilines is 2. The highest BCUT2D eigenvalue weighted by Crippen LogP contribution is 2.12. The normalized spacial score (nSPS) is 9.95. The van der Waals surface area contributed by atoms with Crippen LogP contribution in [0.2, 0.25) is 0 Å². The van der Waals surface area contributed by atoms with Gasteiger partial charge in [0.1, 0.15) is 5.82 Å². The fourth-order valence-corrected chi connectivity index (χ4v) is 1.51. The summed E-state index contributed by atoms with van der Waals surface area (Å²) in [6.45, 7) is 2.63. The van der Waals surface area contributed by atoms with Crippen LogP contribution in [0.1, 0.15) is 26.2 Å². The van der Waals surface area contributed by atoms with E-state index < -0.39 is 0 Å². The van der Waals surface area contributed by atoms with Gasteiger partial charge in [0.05, 0.1) is 11.9 Å². The van der Waals surface area contributed by atoms with Gasteiger partial charge in [-0.15, -0.1) is 0 Å². The van der Waals surface area contributed by atoms with Crippen LogP contribution in [0.5, 0.6) is 0 Å². The first-order chi connectivity index (χ1) is 9.52. The van der Waals surface area contributed by atoms with Crippen LogP contribution in [-0.4, -0.2) is 37.4 Å². The number of aromatic nitrogens is 1. The number of nitrogens with zero attached hydrogens (tertiary/aromatic N) is 2. The molecule has 0 saturated carbocycles. The van der Waals surface area contributed by atoms with Gasteiger partial charge < -0.3 is 15.5 Å². The molecule has 1 rings (SSSR count). The summed E-state index contributed by atoms with van der Waals surface area (Å²) in [7, 11) is 3.84. The molecule has 1 heterocycles. The van der Waals surface area contributed by atoms with E-state index >= 15 is 0 Å². The first-order valence-electron chi connectivity index (χ1n) is 6.73. The predicted molar refractivity (Wildman–Crippen MR) is 79.7 cm³/mol. The molecule has 0 saturated heterocycles. The summed E-state index contributed by atoms with van der Waals surface area (Å²) in [6, 6.07) is 3.61. The van der Waals surface area contributed by atoms with E-state index in [1.54, 1.807) is 12.3 Å². The number of carbonyl (C=O) groups excluding carboxylic acids is 2. The van der Waals surface area contributed by atoms with Crippen molar-refractivity contribution in [3.63, 3.8) is 0 Å². The molecule has 110 valence electrons. The number of amides is 2. The summed E-state index contributed by atoms with van der Waals surface area (Å²) >= 11 is 0. The number of carbonyl (C=O) groups is 2. The van der Waals surface area contributed by atoms with Crippen LogP contribution in [-0.2, 0) is 9.59 Å². The van der Waals surface area contributed by atoms with Crippen molar-refractivity contribution < 1.29 is 9.59 Å². The van der Waals surface area contributed by atoms with Crippen molar-refractivity contribution in [1.82, 2.24) is 10.3 Å². The van der Waals surface area contributed by atoms with E-state index in [9.17, 15) is 9.59 Å². The summed E-state index contributed by atoms with van der Waals surface area (Å²) in [5, 5.41) is 5.40. The average molecular weight is 278 g/mol. The molecule has 0 aliphatic heterocycles. The van der Waals surface area contributed by atoms with Crippen LogP contribution in [0.25, 0.3) is 0 Å². The van der Waals surface area contributed by atoms with E-state index in [1.807, 2.05) is 32.0 Å². The highest BCUT2D eigenvalue weighted by Gasteiger charge is 2.07. The smallest absolute Gasteiger partial charge is 0.226 e. The largest absolute Gasteiger partial charge is 0.376 e. The van der Waals surface area contributed by atoms with Crippen LogP contribution >= 0.6 is 0 Å². The van der Waals surface area contributed by atoms with Gasteiger partial charge >= 0.3 is 0 Å². The minimum atomic E-state index is -0.207. The predicted octanol–water partition coefficient (Wildman–Crippen LogP) is 1.39. The molecule has 20 heavy (non-hydrogen) atoms. The first kappa shape index (κ1) is 15.9. The lowest BCUT2D eigenvalue weighted by Gasteiger charge is -2.12. The Kier molecular flexibility index (Phi) is 6.49. The van der Waals surface area contributed by atoms with E-state index in [2.05, 4.69) is 15.6 Å². The van der Waals surface area contributed by atoms with Gasteiger partial charge in [-0.1, -0.05) is 6.92 Å². The second-order valence-electron chi connectivity index (χ2n) is 4.69. The second-order valence-corrected chi connectivity index (χ2v) is 4.69. The number of hydrogen-bond acceptors (Lipinski definition) is 4. The van der Waals surface area contributed by atoms with Gasteiger partial charge in [-0.05, 0) is 18.6 Å². The monoisotopic (exact) mass is 278 g/mol. The molecule has 0 aliphatic rings. The molecule has 0 fully saturated rings. The minimum Gasteiger partial charge on any atom is -0.376 e. The van der Waals surface area contributed by atoms with E-state index in [1.165, 1.54) is 0 Å². The lowest BCUT2D eigenvalue weighted by Crippen LogP contribution is -2.25. The van der Waals surface area contributed by atoms with Crippen molar-refractivity contribution in [1.29, 1.82) is 0 Å². The fraction of sp³-hybridized carbons (Fsp3) is 0.500. The quantitative estimate of drug-likeness (QED) is 0.790. The Bertz CT molecular complexity index is 443. The van der Waals surface area contributed by atoms with Crippen molar-refractivity contribution in [3.05, 3.63) is 18.3 Å². The summed E-state index contributed by atoms with van der Waals surface area (Å²) in [5.41, 5.74) is 0.960. The topological polar surface area (TPSA) is 74.3 Å². The minimum absolute atomic E-state index is 0.0992. The fourth-order valence-electron chi connectivity index (χ4n) is 1.51. The van der Waals surface area contributed by atoms with Crippen LogP contribution in [0.3, 0.4) is 0 Å². The van der Waals surface area contributed by atoms with Gasteiger partial charge in [0.15, 0.2) is 0 Å². The van der Waals surface area contributed by atoms with Gasteiger partial charge in [0, 0.05) is 33.5 Å². The SMILES string of the molecule is CCCNC(=O)CCC(=O)Nc1ccc(N(C)C)cn1. The summed E-state index contributed by atoms with van der Waals surface area (Å²) in [6.07, 6.45) is 2.93. The molecule has 6 heteroatoms. The van der Waals surface area contributed by atoms with Crippen molar-refractivity contribution in [2.45, 2.75) is 26.2 Å². The third-order valence-electron chi connectivity index (χ3n) is 2.68. The summed E-state index contributed by atoms with van der Waals surface area (Å²) in [4.78, 5) is 29.1. The molecule has 0 spiro atoms. The van der Waals surface area contributed by atoms with Crippen LogP contribution in [0.15, 0.2) is 18.3 Å². The van der Waals surface area contributed by atoms with Crippen molar-refractivity contribution in [3.8, 4) is 0 Å². The maximum Gasteiger partial charge on any atom is 0.226 e. The number of nitrogens with one attached hydrogen (secondary N) is 2. The molecular formula is C14H22N4O2. The van der Waals surface area contributed by atoms with Gasteiger partial charge in [-0.25, -0.2) is 4.98 Å². The molecule has 1 aromatic rings. The Morgan fingerprint density at radius 1 is 1.20 bits per heavy atom. The zero-order valence-corrected chi connectivity index (χ0v) is 12.3. The Balaban J connectivity index is 2.36. The Labute approximate surface area is 119 Å². The second kappa shape index (κ2) is 8.14. The maximum atomic E-state index is 11.7. The number of hydrogen-bond donors (Lipinski definition) is 2. The molecule has 6 nitrogen and oxygen atoms in total. The summed E-state index contributed by atoms with van der Waals surface area (Å²) < 4.78 is 0. The zero-order valence-electron chi connectivity index (χ0n) is 12.3. The molecule has 0 aromatic carbocycles. The standard InChI is InChI=1S/C14H22N4O2/c1-4-9-15-13(19)7-8-14(20)17-12-6-5-11(10-16-12)18(2)3/h5-6,10H,4,7-9H2,1-3H3,(H,15,19)(H,16,17,20). The van der Waals surface area contributed by atoms with Gasteiger partial charge in [0.25, 0.3) is 0 Å². The van der Waals surface area contributed by atoms with E-state index in [-0.39, 0.29) is 24.7 Å². The Morgan fingerprint density at radius 3 is 2.45 bits per heavy atom. The summed E-state index contributed by atoms with van der Waals surface area (Å²) in [5.74, 6) is 0.189. The van der Waals surface area contributed by atoms with Crippen LogP contribution in [0.4, 0.5) is 11.5 Å². The molecule has 2 amide bonds. The highest BCUT2D eigenvalue weighted by atomic mass is 16.2. The van der Waals surface area contributed by atoms with Crippen LogP contribution in [0, 0.1) is 0 Å². The Morgan fingerprint density at radius 2 is 1.90 bits per heavy atom. The van der Waals surface area contributed by atoms with Gasteiger partial charge in [-0.2, -0.15) is 0 Å². The molecular weight excluding hydrogens is 256 g/mol. The molecule has 2 N–H and O–H groups in total. The average Bonchev–Trinajstić information content (AvgIpc) is 2.43. The lowest BCUT2D eigenvalue weighted by molar-refractivity contribution is -0.124. The zero-order chi connectivity index (χ0) is 15.0. The van der Waals surface area contributed by atoms with E-state index in [0.29, 0.717) is 12.4 Å². The van der Waals surface area contributed by atoms with Crippen molar-refractivity contribution in [2.75, 3.05) is 30.9 Å². The highest BCUT2D eigenvalue weighted by molar-refractivity contribution is 5.92. The molecule has 1 aromatic heterocycles. The van der Waals surface area contributed by atoms with Crippen molar-refractivity contribution in [2.24, 2.45) is 0 Å². The van der Waals surface area contributed by atoms with Crippen molar-refractivity contribution >= 4 is 23.3 Å². The van der Waals surface area contributed by atoms with Crippen LogP contribution < -0.4 is 15.5 Å². The van der Waals surface area contributed by atoms with Gasteiger partial charge in [0.2, 0.25) is 11.8 Å². The number of pyridine rings is 1. The molecule has 0 unspecified atom stereocenters. The van der Waals surface area contributed by atoms with Gasteiger partial charge in [-0.3, -0.25) is 9.59 Å². The molecule has 0 atom stereocenters. The molecule has 0 bridgehead atoms. The third kappa shape index (κ3) is 5.69. The lowest BCUT2D eigenvalue weighted by atomic mass is 10.2. The van der Waals surface area contributed by atoms with E-state index in [0.717, 1.165) is 12.1 Å². The molecule has 0 aliphatic carbocycles. The maximum absolute atomic E-state index is 11.7. The van der Waals surface area contributed by atoms with E-state index in [4.69, 9.17) is 0 Å².